The summed E-state index contributed by atoms with van der Waals surface area (Å²) in [7, 11) is 0. The van der Waals surface area contributed by atoms with Crippen LogP contribution >= 0.6 is 0 Å². The third kappa shape index (κ3) is 2.82. The molecule has 106 valence electrons. The van der Waals surface area contributed by atoms with Crippen LogP contribution in [-0.4, -0.2) is 34.7 Å². The van der Waals surface area contributed by atoms with Crippen LogP contribution in [0.3, 0.4) is 0 Å². The van der Waals surface area contributed by atoms with E-state index in [1.54, 1.807) is 0 Å². The molecule has 2 rings (SSSR count). The second-order valence-corrected chi connectivity index (χ2v) is 4.63. The highest BCUT2D eigenvalue weighted by molar-refractivity contribution is 5.81. The molecule has 0 radical (unpaired) electrons. The Kier molecular flexibility index (Phi) is 4.40. The van der Waals surface area contributed by atoms with Gasteiger partial charge in [-0.25, -0.2) is 9.59 Å². The second kappa shape index (κ2) is 6.23. The summed E-state index contributed by atoms with van der Waals surface area (Å²) in [5, 5.41) is 9.25. The minimum absolute atomic E-state index is 0.0726. The highest BCUT2D eigenvalue weighted by Crippen LogP contribution is 2.36. The Morgan fingerprint density at radius 2 is 2.05 bits per heavy atom. The average Bonchev–Trinajstić information content (AvgIpc) is 2.90. The Morgan fingerprint density at radius 1 is 1.35 bits per heavy atom. The largest absolute Gasteiger partial charge is 0.480 e. The van der Waals surface area contributed by atoms with Gasteiger partial charge < -0.3 is 9.84 Å². The molecule has 1 fully saturated rings. The zero-order valence-electron chi connectivity index (χ0n) is 11.1. The van der Waals surface area contributed by atoms with Gasteiger partial charge in [-0.05, 0) is 18.4 Å². The molecule has 5 nitrogen and oxygen atoms in total. The molecule has 0 aromatic heterocycles. The number of likely N-dealkylation sites (tertiary alicyclic amines) is 1. The molecule has 20 heavy (non-hydrogen) atoms. The van der Waals surface area contributed by atoms with E-state index < -0.39 is 18.1 Å². The molecule has 1 heterocycles. The van der Waals surface area contributed by atoms with Crippen molar-refractivity contribution in [3.8, 4) is 0 Å². The fraction of sp³-hybridized carbons (Fsp3) is 0.333. The monoisotopic (exact) mass is 275 g/mol. The molecule has 2 atom stereocenters. The average molecular weight is 275 g/mol. The lowest BCUT2D eigenvalue weighted by Crippen LogP contribution is -2.42. The number of hydrogen-bond acceptors (Lipinski definition) is 3. The van der Waals surface area contributed by atoms with Gasteiger partial charge in [0.15, 0.2) is 0 Å². The molecule has 1 aromatic rings. The number of amides is 1. The zero-order valence-corrected chi connectivity index (χ0v) is 11.1. The number of carbonyl (C=O) groups excluding carboxylic acids is 1. The first kappa shape index (κ1) is 14.1. The molecule has 5 heteroatoms. The number of benzene rings is 1. The van der Waals surface area contributed by atoms with Gasteiger partial charge in [0.1, 0.15) is 12.6 Å². The van der Waals surface area contributed by atoms with Crippen LogP contribution in [0.2, 0.25) is 0 Å². The third-order valence-corrected chi connectivity index (χ3v) is 3.39. The summed E-state index contributed by atoms with van der Waals surface area (Å²) >= 11 is 0. The van der Waals surface area contributed by atoms with E-state index in [2.05, 4.69) is 6.58 Å². The Labute approximate surface area is 117 Å². The number of rotatable bonds is 4. The van der Waals surface area contributed by atoms with E-state index in [1.807, 2.05) is 30.3 Å². The van der Waals surface area contributed by atoms with Gasteiger partial charge in [0.2, 0.25) is 0 Å². The predicted molar refractivity (Wildman–Crippen MR) is 73.2 cm³/mol. The van der Waals surface area contributed by atoms with Crippen LogP contribution in [0, 0.1) is 0 Å². The maximum atomic E-state index is 12.1. The first-order valence-corrected chi connectivity index (χ1v) is 6.49. The van der Waals surface area contributed by atoms with Crippen molar-refractivity contribution < 1.29 is 19.4 Å². The summed E-state index contributed by atoms with van der Waals surface area (Å²) in [6, 6.07) is 8.32. The molecule has 0 saturated carbocycles. The van der Waals surface area contributed by atoms with E-state index >= 15 is 0 Å². The number of nitrogens with zero attached hydrogens (tertiary/aromatic N) is 1. The lowest BCUT2D eigenvalue weighted by molar-refractivity contribution is -0.142. The first-order valence-electron chi connectivity index (χ1n) is 6.49. The number of carboxylic acid groups (broad SMARTS) is 1. The van der Waals surface area contributed by atoms with Gasteiger partial charge >= 0.3 is 12.1 Å². The second-order valence-electron chi connectivity index (χ2n) is 4.63. The maximum Gasteiger partial charge on any atom is 0.411 e. The molecule has 1 aromatic carbocycles. The van der Waals surface area contributed by atoms with Crippen molar-refractivity contribution in [3.63, 3.8) is 0 Å². The van der Waals surface area contributed by atoms with E-state index in [0.717, 1.165) is 5.56 Å². The van der Waals surface area contributed by atoms with Gasteiger partial charge in [-0.1, -0.05) is 43.0 Å². The van der Waals surface area contributed by atoms with Crippen molar-refractivity contribution in [1.29, 1.82) is 0 Å². The van der Waals surface area contributed by atoms with Crippen LogP contribution in [0.5, 0.6) is 0 Å². The van der Waals surface area contributed by atoms with Gasteiger partial charge in [0, 0.05) is 0 Å². The molecular weight excluding hydrogens is 258 g/mol. The Morgan fingerprint density at radius 3 is 2.65 bits per heavy atom. The van der Waals surface area contributed by atoms with Crippen molar-refractivity contribution in [2.45, 2.75) is 24.9 Å². The van der Waals surface area contributed by atoms with Gasteiger partial charge in [-0.3, -0.25) is 4.90 Å². The number of carboxylic acids is 1. The summed E-state index contributed by atoms with van der Waals surface area (Å²) in [6.07, 6.45) is 1.90. The lowest BCUT2D eigenvalue weighted by Gasteiger charge is -2.27. The Bertz CT molecular complexity index is 500. The first-order chi connectivity index (χ1) is 9.65. The third-order valence-electron chi connectivity index (χ3n) is 3.39. The van der Waals surface area contributed by atoms with E-state index in [-0.39, 0.29) is 12.6 Å². The smallest absolute Gasteiger partial charge is 0.411 e. The normalized spacial score (nSPS) is 21.5. The van der Waals surface area contributed by atoms with E-state index in [0.29, 0.717) is 12.8 Å². The SMILES string of the molecule is C=CCOC(=O)N1[C@@H](c2ccccc2)CC[C@H]1C(=O)O. The molecule has 1 aliphatic heterocycles. The van der Waals surface area contributed by atoms with Gasteiger partial charge in [0.25, 0.3) is 0 Å². The van der Waals surface area contributed by atoms with Gasteiger partial charge in [0.05, 0.1) is 6.04 Å². The molecule has 1 aliphatic rings. The van der Waals surface area contributed by atoms with Crippen molar-refractivity contribution >= 4 is 12.1 Å². The summed E-state index contributed by atoms with van der Waals surface area (Å²) in [5.74, 6) is -1.00. The summed E-state index contributed by atoms with van der Waals surface area (Å²) < 4.78 is 5.01. The van der Waals surface area contributed by atoms with Crippen molar-refractivity contribution in [2.24, 2.45) is 0 Å². The molecule has 0 spiro atoms. The topological polar surface area (TPSA) is 66.8 Å². The minimum atomic E-state index is -1.00. The zero-order chi connectivity index (χ0) is 14.5. The quantitative estimate of drug-likeness (QED) is 0.858. The van der Waals surface area contributed by atoms with Crippen LogP contribution in [0.1, 0.15) is 24.4 Å². The van der Waals surface area contributed by atoms with Crippen molar-refractivity contribution in [3.05, 3.63) is 48.6 Å². The van der Waals surface area contributed by atoms with Crippen LogP contribution in [0.25, 0.3) is 0 Å². The number of carbonyl (C=O) groups is 2. The summed E-state index contributed by atoms with van der Waals surface area (Å²) in [5.41, 5.74) is 0.923. The minimum Gasteiger partial charge on any atom is -0.480 e. The van der Waals surface area contributed by atoms with E-state index in [1.165, 1.54) is 11.0 Å². The summed E-state index contributed by atoms with van der Waals surface area (Å²) in [6.45, 7) is 3.55. The fourth-order valence-electron chi connectivity index (χ4n) is 2.52. The molecule has 0 bridgehead atoms. The molecule has 0 aliphatic carbocycles. The van der Waals surface area contributed by atoms with Gasteiger partial charge in [-0.2, -0.15) is 0 Å². The van der Waals surface area contributed by atoms with E-state index in [9.17, 15) is 14.7 Å². The summed E-state index contributed by atoms with van der Waals surface area (Å²) in [4.78, 5) is 24.7. The molecule has 1 amide bonds. The van der Waals surface area contributed by atoms with Crippen LogP contribution < -0.4 is 0 Å². The Hall–Kier alpha value is -2.30. The highest BCUT2D eigenvalue weighted by Gasteiger charge is 2.42. The fourth-order valence-corrected chi connectivity index (χ4v) is 2.52. The standard InChI is InChI=1S/C15H17NO4/c1-2-10-20-15(19)16-12(8-9-13(16)14(17)18)11-6-4-3-5-7-11/h2-7,12-13H,1,8-10H2,(H,17,18)/t12-,13+/m1/s1. The predicted octanol–water partition coefficient (Wildman–Crippen LogP) is 2.60. The molecular formula is C15H17NO4. The van der Waals surface area contributed by atoms with E-state index in [4.69, 9.17) is 4.74 Å². The van der Waals surface area contributed by atoms with Crippen LogP contribution in [-0.2, 0) is 9.53 Å². The van der Waals surface area contributed by atoms with Crippen molar-refractivity contribution in [1.82, 2.24) is 4.90 Å². The molecule has 0 unspecified atom stereocenters. The number of aliphatic carboxylic acids is 1. The van der Waals surface area contributed by atoms with Crippen LogP contribution in [0.4, 0.5) is 4.79 Å². The maximum absolute atomic E-state index is 12.1. The molecule has 1 saturated heterocycles. The Balaban J connectivity index is 2.25. The van der Waals surface area contributed by atoms with Gasteiger partial charge in [-0.15, -0.1) is 0 Å². The van der Waals surface area contributed by atoms with Crippen molar-refractivity contribution in [2.75, 3.05) is 6.61 Å². The lowest BCUT2D eigenvalue weighted by atomic mass is 10.1. The number of ether oxygens (including phenoxy) is 1. The van der Waals surface area contributed by atoms with Crippen LogP contribution in [0.15, 0.2) is 43.0 Å². The number of hydrogen-bond donors (Lipinski definition) is 1. The molecule has 1 N–H and O–H groups in total. The highest BCUT2D eigenvalue weighted by atomic mass is 16.6.